The Labute approximate surface area is 144 Å². The molecule has 0 aliphatic heterocycles. The third kappa shape index (κ3) is 7.02. The summed E-state index contributed by atoms with van der Waals surface area (Å²) in [5.41, 5.74) is 0.199. The van der Waals surface area contributed by atoms with Crippen LogP contribution in [-0.2, 0) is 20.7 Å². The van der Waals surface area contributed by atoms with Crippen molar-refractivity contribution in [2.75, 3.05) is 7.11 Å². The molecule has 0 bridgehead atoms. The van der Waals surface area contributed by atoms with E-state index in [9.17, 15) is 9.59 Å². The summed E-state index contributed by atoms with van der Waals surface area (Å²) >= 11 is 0. The quantitative estimate of drug-likeness (QED) is 0.778. The Morgan fingerprint density at radius 1 is 1.17 bits per heavy atom. The molecule has 24 heavy (non-hydrogen) atoms. The third-order valence-electron chi connectivity index (χ3n) is 3.28. The van der Waals surface area contributed by atoms with Crippen molar-refractivity contribution in [3.8, 4) is 5.75 Å². The number of benzene rings is 1. The molecule has 0 aromatic heterocycles. The van der Waals surface area contributed by atoms with Gasteiger partial charge in [-0.25, -0.2) is 4.79 Å². The lowest BCUT2D eigenvalue weighted by molar-refractivity contribution is -0.159. The highest BCUT2D eigenvalue weighted by molar-refractivity contribution is 5.86. The van der Waals surface area contributed by atoms with Gasteiger partial charge in [-0.1, -0.05) is 32.0 Å². The minimum absolute atomic E-state index is 0.154. The summed E-state index contributed by atoms with van der Waals surface area (Å²) < 4.78 is 10.7. The van der Waals surface area contributed by atoms with Crippen LogP contribution in [0.5, 0.6) is 5.75 Å². The van der Waals surface area contributed by atoms with Gasteiger partial charge in [0.1, 0.15) is 17.4 Å². The largest absolute Gasteiger partial charge is 0.496 e. The van der Waals surface area contributed by atoms with Crippen LogP contribution in [0.3, 0.4) is 0 Å². The van der Waals surface area contributed by atoms with E-state index in [2.05, 4.69) is 5.32 Å². The fourth-order valence-corrected chi connectivity index (χ4v) is 2.33. The average molecular weight is 335 g/mol. The number of ether oxygens (including phenoxy) is 2. The lowest BCUT2D eigenvalue weighted by Crippen LogP contribution is -2.45. The molecule has 5 nitrogen and oxygen atoms in total. The molecule has 1 aromatic carbocycles. The number of esters is 1. The van der Waals surface area contributed by atoms with Gasteiger partial charge in [0.05, 0.1) is 13.5 Å². The maximum absolute atomic E-state index is 12.4. The number of hydrogen-bond acceptors (Lipinski definition) is 4. The van der Waals surface area contributed by atoms with Gasteiger partial charge in [-0.15, -0.1) is 0 Å². The van der Waals surface area contributed by atoms with Crippen LogP contribution in [0.1, 0.15) is 46.6 Å². The zero-order valence-electron chi connectivity index (χ0n) is 15.5. The number of amides is 1. The SMILES string of the molecule is COc1ccccc1CC(=O)N[C@@H](CC(C)C)C(=O)OC(C)(C)C. The maximum Gasteiger partial charge on any atom is 0.329 e. The van der Waals surface area contributed by atoms with Gasteiger partial charge in [0.15, 0.2) is 0 Å². The van der Waals surface area contributed by atoms with E-state index in [-0.39, 0.29) is 18.2 Å². The molecule has 0 aliphatic carbocycles. The Kier molecular flexibility index (Phi) is 7.26. The standard InChI is InChI=1S/C19H29NO4/c1-13(2)11-15(18(22)24-19(3,4)5)20-17(21)12-14-9-7-8-10-16(14)23-6/h7-10,13,15H,11-12H2,1-6H3,(H,20,21)/t15-/m0/s1. The van der Waals surface area contributed by atoms with Crippen molar-refractivity contribution in [3.63, 3.8) is 0 Å². The van der Waals surface area contributed by atoms with E-state index in [0.717, 1.165) is 5.56 Å². The van der Waals surface area contributed by atoms with Crippen molar-refractivity contribution < 1.29 is 19.1 Å². The van der Waals surface area contributed by atoms with Crippen molar-refractivity contribution in [1.82, 2.24) is 5.32 Å². The second kappa shape index (κ2) is 8.71. The molecule has 0 aliphatic rings. The van der Waals surface area contributed by atoms with Crippen molar-refractivity contribution in [2.45, 2.75) is 59.1 Å². The monoisotopic (exact) mass is 335 g/mol. The molecule has 1 amide bonds. The van der Waals surface area contributed by atoms with E-state index >= 15 is 0 Å². The summed E-state index contributed by atoms with van der Waals surface area (Å²) in [6.45, 7) is 9.45. The van der Waals surface area contributed by atoms with Crippen LogP contribution in [-0.4, -0.2) is 30.6 Å². The smallest absolute Gasteiger partial charge is 0.329 e. The molecule has 0 fully saturated rings. The van der Waals surface area contributed by atoms with Crippen LogP contribution in [0, 0.1) is 5.92 Å². The first-order valence-corrected chi connectivity index (χ1v) is 8.26. The molecular formula is C19H29NO4. The predicted octanol–water partition coefficient (Wildman–Crippen LogP) is 3.11. The van der Waals surface area contributed by atoms with Crippen molar-refractivity contribution in [3.05, 3.63) is 29.8 Å². The Balaban J connectivity index is 2.78. The number of nitrogens with one attached hydrogen (secondary N) is 1. The highest BCUT2D eigenvalue weighted by Gasteiger charge is 2.27. The van der Waals surface area contributed by atoms with Crippen LogP contribution < -0.4 is 10.1 Å². The van der Waals surface area contributed by atoms with Crippen molar-refractivity contribution in [1.29, 1.82) is 0 Å². The Bertz CT molecular complexity index is 561. The first-order chi connectivity index (χ1) is 11.1. The molecule has 0 radical (unpaired) electrons. The van der Waals surface area contributed by atoms with Gasteiger partial charge in [0, 0.05) is 5.56 Å². The fourth-order valence-electron chi connectivity index (χ4n) is 2.33. The number of rotatable bonds is 7. The number of methoxy groups -OCH3 is 1. The Morgan fingerprint density at radius 2 is 1.79 bits per heavy atom. The summed E-state index contributed by atoms with van der Waals surface area (Å²) in [5.74, 6) is 0.292. The Hall–Kier alpha value is -2.04. The molecule has 0 spiro atoms. The molecule has 134 valence electrons. The van der Waals surface area contributed by atoms with Crippen LogP contribution in [0.2, 0.25) is 0 Å². The van der Waals surface area contributed by atoms with E-state index in [1.165, 1.54) is 0 Å². The first-order valence-electron chi connectivity index (χ1n) is 8.26. The van der Waals surface area contributed by atoms with Crippen LogP contribution >= 0.6 is 0 Å². The average Bonchev–Trinajstić information content (AvgIpc) is 2.44. The normalized spacial score (nSPS) is 12.6. The molecule has 1 aromatic rings. The van der Waals surface area contributed by atoms with Gasteiger partial charge in [-0.3, -0.25) is 4.79 Å². The lowest BCUT2D eigenvalue weighted by Gasteiger charge is -2.25. The number of carbonyl (C=O) groups excluding carboxylic acids is 2. The second-order valence-corrected chi connectivity index (χ2v) is 7.27. The number of carbonyl (C=O) groups is 2. The number of para-hydroxylation sites is 1. The summed E-state index contributed by atoms with van der Waals surface area (Å²) in [6, 6.07) is 6.70. The summed E-state index contributed by atoms with van der Waals surface area (Å²) in [7, 11) is 1.57. The second-order valence-electron chi connectivity index (χ2n) is 7.27. The molecule has 0 saturated heterocycles. The summed E-state index contributed by atoms with van der Waals surface area (Å²) in [4.78, 5) is 24.7. The van der Waals surface area contributed by atoms with E-state index in [4.69, 9.17) is 9.47 Å². The van der Waals surface area contributed by atoms with Crippen molar-refractivity contribution in [2.24, 2.45) is 5.92 Å². The zero-order valence-corrected chi connectivity index (χ0v) is 15.5. The summed E-state index contributed by atoms with van der Waals surface area (Å²) in [5, 5.41) is 2.80. The third-order valence-corrected chi connectivity index (χ3v) is 3.28. The van der Waals surface area contributed by atoms with Gasteiger partial charge >= 0.3 is 5.97 Å². The van der Waals surface area contributed by atoms with E-state index in [1.54, 1.807) is 7.11 Å². The minimum atomic E-state index is -0.647. The Morgan fingerprint density at radius 3 is 2.33 bits per heavy atom. The van der Waals surface area contributed by atoms with Gasteiger partial charge in [0.2, 0.25) is 5.91 Å². The topological polar surface area (TPSA) is 64.6 Å². The van der Waals surface area contributed by atoms with Gasteiger partial charge in [0.25, 0.3) is 0 Å². The van der Waals surface area contributed by atoms with Crippen molar-refractivity contribution >= 4 is 11.9 Å². The van der Waals surface area contributed by atoms with Gasteiger partial charge in [-0.2, -0.15) is 0 Å². The van der Waals surface area contributed by atoms with E-state index in [0.29, 0.717) is 12.2 Å². The zero-order chi connectivity index (χ0) is 18.3. The molecule has 0 saturated carbocycles. The minimum Gasteiger partial charge on any atom is -0.496 e. The maximum atomic E-state index is 12.4. The molecule has 1 N–H and O–H groups in total. The van der Waals surface area contributed by atoms with E-state index in [1.807, 2.05) is 58.9 Å². The predicted molar refractivity (Wildman–Crippen MR) is 93.9 cm³/mol. The first kappa shape index (κ1) is 20.0. The van der Waals surface area contributed by atoms with Crippen LogP contribution in [0.4, 0.5) is 0 Å². The van der Waals surface area contributed by atoms with Crippen LogP contribution in [0.15, 0.2) is 24.3 Å². The van der Waals surface area contributed by atoms with Gasteiger partial charge < -0.3 is 14.8 Å². The highest BCUT2D eigenvalue weighted by atomic mass is 16.6. The van der Waals surface area contributed by atoms with Gasteiger partial charge in [-0.05, 0) is 39.2 Å². The molecular weight excluding hydrogens is 306 g/mol. The molecule has 0 heterocycles. The van der Waals surface area contributed by atoms with Crippen LogP contribution in [0.25, 0.3) is 0 Å². The molecule has 1 rings (SSSR count). The molecule has 0 unspecified atom stereocenters. The summed E-state index contributed by atoms with van der Waals surface area (Å²) in [6.07, 6.45) is 0.688. The number of hydrogen-bond donors (Lipinski definition) is 1. The van der Waals surface area contributed by atoms with E-state index < -0.39 is 17.6 Å². The fraction of sp³-hybridized carbons (Fsp3) is 0.579. The molecule has 5 heteroatoms. The highest BCUT2D eigenvalue weighted by Crippen LogP contribution is 2.18. The lowest BCUT2D eigenvalue weighted by atomic mass is 10.0. The molecule has 1 atom stereocenters.